The summed E-state index contributed by atoms with van der Waals surface area (Å²) in [5, 5.41) is 11.7. The van der Waals surface area contributed by atoms with Crippen LogP contribution in [0, 0.1) is 0 Å². The number of carbonyl (C=O) groups is 1. The number of amides is 1. The molecule has 1 amide bonds. The summed E-state index contributed by atoms with van der Waals surface area (Å²) < 4.78 is 6.49. The van der Waals surface area contributed by atoms with Crippen LogP contribution in [0.1, 0.15) is 17.3 Å². The smallest absolute Gasteiger partial charge is 0.252 e. The van der Waals surface area contributed by atoms with Crippen LogP contribution in [-0.2, 0) is 0 Å². The minimum atomic E-state index is -0.582. The Morgan fingerprint density at radius 1 is 1.43 bits per heavy atom. The van der Waals surface area contributed by atoms with Crippen molar-refractivity contribution in [3.05, 3.63) is 52.6 Å². The van der Waals surface area contributed by atoms with Gasteiger partial charge in [0, 0.05) is 23.3 Å². The van der Waals surface area contributed by atoms with Crippen molar-refractivity contribution in [2.75, 3.05) is 6.54 Å². The molecule has 2 rings (SSSR count). The number of aromatic nitrogens is 1. The van der Waals surface area contributed by atoms with Gasteiger partial charge in [-0.05, 0) is 31.2 Å². The summed E-state index contributed by atoms with van der Waals surface area (Å²) >= 11 is 3.36. The van der Waals surface area contributed by atoms with Gasteiger partial charge in [0.1, 0.15) is 5.75 Å². The molecule has 1 heterocycles. The lowest BCUT2D eigenvalue weighted by molar-refractivity contribution is 0.0923. The fourth-order valence-corrected chi connectivity index (χ4v) is 1.95. The number of nitrogens with one attached hydrogen (secondary N) is 1. The minimum absolute atomic E-state index is 0.203. The van der Waals surface area contributed by atoms with Gasteiger partial charge in [0.2, 0.25) is 5.88 Å². The van der Waals surface area contributed by atoms with Crippen LogP contribution in [0.5, 0.6) is 11.6 Å². The lowest BCUT2D eigenvalue weighted by atomic mass is 10.2. The molecule has 110 valence electrons. The second-order valence-corrected chi connectivity index (χ2v) is 5.42. The second-order valence-electron chi connectivity index (χ2n) is 4.50. The average molecular weight is 351 g/mol. The fraction of sp³-hybridized carbons (Fsp3) is 0.200. The third-order valence-corrected chi connectivity index (χ3v) is 3.07. The van der Waals surface area contributed by atoms with Gasteiger partial charge < -0.3 is 15.2 Å². The maximum absolute atomic E-state index is 11.8. The standard InChI is InChI=1S/C15H15BrN2O3/c1-10(19)8-18-15(20)11-5-6-14(17-9-11)21-13-4-2-3-12(16)7-13/h2-7,9-10,19H,8H2,1H3,(H,18,20). The van der Waals surface area contributed by atoms with Crippen LogP contribution in [0.25, 0.3) is 0 Å². The number of aliphatic hydroxyl groups excluding tert-OH is 1. The summed E-state index contributed by atoms with van der Waals surface area (Å²) in [7, 11) is 0. The highest BCUT2D eigenvalue weighted by atomic mass is 79.9. The number of aliphatic hydroxyl groups is 1. The Balaban J connectivity index is 2.00. The molecule has 1 aromatic carbocycles. The van der Waals surface area contributed by atoms with E-state index in [4.69, 9.17) is 9.84 Å². The molecule has 0 aliphatic heterocycles. The summed E-state index contributed by atoms with van der Waals surface area (Å²) in [5.74, 6) is 0.778. The van der Waals surface area contributed by atoms with Crippen molar-refractivity contribution in [3.8, 4) is 11.6 Å². The Kier molecular flexibility index (Phi) is 5.30. The largest absolute Gasteiger partial charge is 0.439 e. The van der Waals surface area contributed by atoms with Crippen molar-refractivity contribution in [3.63, 3.8) is 0 Å². The number of pyridine rings is 1. The van der Waals surface area contributed by atoms with Crippen LogP contribution in [0.2, 0.25) is 0 Å². The first kappa shape index (κ1) is 15.5. The van der Waals surface area contributed by atoms with Gasteiger partial charge in [0.25, 0.3) is 5.91 Å². The fourth-order valence-electron chi connectivity index (χ4n) is 1.57. The van der Waals surface area contributed by atoms with Crippen LogP contribution in [0.3, 0.4) is 0 Å². The SMILES string of the molecule is CC(O)CNC(=O)c1ccc(Oc2cccc(Br)c2)nc1. The number of carbonyl (C=O) groups excluding carboxylic acids is 1. The summed E-state index contributed by atoms with van der Waals surface area (Å²) in [5.41, 5.74) is 0.414. The normalized spacial score (nSPS) is 11.8. The number of ether oxygens (including phenoxy) is 1. The van der Waals surface area contributed by atoms with Crippen molar-refractivity contribution in [2.45, 2.75) is 13.0 Å². The molecule has 5 nitrogen and oxygen atoms in total. The lowest BCUT2D eigenvalue weighted by Gasteiger charge is -2.08. The van der Waals surface area contributed by atoms with E-state index in [9.17, 15) is 4.79 Å². The molecule has 0 aliphatic carbocycles. The molecular formula is C15H15BrN2O3. The van der Waals surface area contributed by atoms with Crippen LogP contribution in [0.4, 0.5) is 0 Å². The Hall–Kier alpha value is -1.92. The maximum Gasteiger partial charge on any atom is 0.252 e. The van der Waals surface area contributed by atoms with Crippen molar-refractivity contribution >= 4 is 21.8 Å². The van der Waals surface area contributed by atoms with E-state index in [1.165, 1.54) is 6.20 Å². The van der Waals surface area contributed by atoms with Crippen molar-refractivity contribution < 1.29 is 14.6 Å². The van der Waals surface area contributed by atoms with Crippen LogP contribution < -0.4 is 10.1 Å². The molecule has 0 saturated carbocycles. The van der Waals surface area contributed by atoms with E-state index < -0.39 is 6.10 Å². The zero-order chi connectivity index (χ0) is 15.2. The third kappa shape index (κ3) is 4.84. The molecule has 0 aliphatic rings. The van der Waals surface area contributed by atoms with E-state index in [0.717, 1.165) is 4.47 Å². The van der Waals surface area contributed by atoms with Crippen LogP contribution in [0.15, 0.2) is 47.1 Å². The zero-order valence-corrected chi connectivity index (χ0v) is 13.0. The topological polar surface area (TPSA) is 71.5 Å². The number of halogens is 1. The van der Waals surface area contributed by atoms with E-state index in [0.29, 0.717) is 17.2 Å². The van der Waals surface area contributed by atoms with Gasteiger partial charge in [0.05, 0.1) is 11.7 Å². The number of rotatable bonds is 5. The molecule has 21 heavy (non-hydrogen) atoms. The number of benzene rings is 1. The predicted molar refractivity (Wildman–Crippen MR) is 82.5 cm³/mol. The Morgan fingerprint density at radius 3 is 2.86 bits per heavy atom. The van der Waals surface area contributed by atoms with Gasteiger partial charge in [-0.25, -0.2) is 4.98 Å². The number of nitrogens with zero attached hydrogens (tertiary/aromatic N) is 1. The highest BCUT2D eigenvalue weighted by Gasteiger charge is 2.07. The number of hydrogen-bond donors (Lipinski definition) is 2. The molecule has 0 radical (unpaired) electrons. The van der Waals surface area contributed by atoms with Crippen molar-refractivity contribution in [1.29, 1.82) is 0 Å². The molecule has 0 bridgehead atoms. The quantitative estimate of drug-likeness (QED) is 0.869. The highest BCUT2D eigenvalue weighted by Crippen LogP contribution is 2.22. The molecule has 1 aromatic heterocycles. The number of hydrogen-bond acceptors (Lipinski definition) is 4. The molecule has 2 N–H and O–H groups in total. The van der Waals surface area contributed by atoms with E-state index >= 15 is 0 Å². The lowest BCUT2D eigenvalue weighted by Crippen LogP contribution is -2.30. The Morgan fingerprint density at radius 2 is 2.24 bits per heavy atom. The van der Waals surface area contributed by atoms with Gasteiger partial charge in [-0.3, -0.25) is 4.79 Å². The van der Waals surface area contributed by atoms with E-state index in [2.05, 4.69) is 26.2 Å². The van der Waals surface area contributed by atoms with Crippen molar-refractivity contribution in [2.24, 2.45) is 0 Å². The molecule has 0 saturated heterocycles. The monoisotopic (exact) mass is 350 g/mol. The zero-order valence-electron chi connectivity index (χ0n) is 11.4. The first-order valence-corrected chi connectivity index (χ1v) is 7.19. The molecule has 1 unspecified atom stereocenters. The Bertz CT molecular complexity index is 615. The van der Waals surface area contributed by atoms with Crippen LogP contribution in [-0.4, -0.2) is 28.6 Å². The maximum atomic E-state index is 11.8. The van der Waals surface area contributed by atoms with Gasteiger partial charge in [-0.2, -0.15) is 0 Å². The van der Waals surface area contributed by atoms with Crippen molar-refractivity contribution in [1.82, 2.24) is 10.3 Å². The Labute approximate surface area is 131 Å². The molecule has 0 fully saturated rings. The molecule has 6 heteroatoms. The average Bonchev–Trinajstić information content (AvgIpc) is 2.45. The van der Waals surface area contributed by atoms with E-state index in [1.54, 1.807) is 19.1 Å². The molecule has 1 atom stereocenters. The summed E-state index contributed by atoms with van der Waals surface area (Å²) in [6.07, 6.45) is 0.853. The highest BCUT2D eigenvalue weighted by molar-refractivity contribution is 9.10. The predicted octanol–water partition coefficient (Wildman–Crippen LogP) is 2.75. The molecule has 2 aromatic rings. The van der Waals surface area contributed by atoms with Gasteiger partial charge in [0.15, 0.2) is 0 Å². The van der Waals surface area contributed by atoms with Gasteiger partial charge >= 0.3 is 0 Å². The first-order valence-electron chi connectivity index (χ1n) is 6.40. The second kappa shape index (κ2) is 7.19. The van der Waals surface area contributed by atoms with Crippen LogP contribution >= 0.6 is 15.9 Å². The summed E-state index contributed by atoms with van der Waals surface area (Å²) in [6.45, 7) is 1.81. The molecular weight excluding hydrogens is 336 g/mol. The van der Waals surface area contributed by atoms with E-state index in [1.807, 2.05) is 24.3 Å². The van der Waals surface area contributed by atoms with E-state index in [-0.39, 0.29) is 12.5 Å². The molecule has 0 spiro atoms. The van der Waals surface area contributed by atoms with Gasteiger partial charge in [-0.1, -0.05) is 22.0 Å². The summed E-state index contributed by atoms with van der Waals surface area (Å²) in [6, 6.07) is 10.6. The summed E-state index contributed by atoms with van der Waals surface area (Å²) in [4.78, 5) is 15.8. The third-order valence-electron chi connectivity index (χ3n) is 2.58. The van der Waals surface area contributed by atoms with Gasteiger partial charge in [-0.15, -0.1) is 0 Å². The first-order chi connectivity index (χ1) is 10.0. The minimum Gasteiger partial charge on any atom is -0.439 e.